The molecule has 0 heterocycles. The third-order valence-corrected chi connectivity index (χ3v) is 3.01. The molecule has 0 saturated carbocycles. The lowest BCUT2D eigenvalue weighted by Crippen LogP contribution is -2.29. The Morgan fingerprint density at radius 3 is 2.20 bits per heavy atom. The van der Waals surface area contributed by atoms with Crippen molar-refractivity contribution in [3.05, 3.63) is 27.8 Å². The number of hydrogen-bond donors (Lipinski definition) is 1. The summed E-state index contributed by atoms with van der Waals surface area (Å²) in [5.74, 6) is 0.830. The molecule has 1 aromatic carbocycles. The zero-order chi connectivity index (χ0) is 11.8. The van der Waals surface area contributed by atoms with Crippen LogP contribution < -0.4 is 10.5 Å². The van der Waals surface area contributed by atoms with E-state index in [1.54, 1.807) is 7.11 Å². The van der Waals surface area contributed by atoms with E-state index in [0.717, 1.165) is 22.4 Å². The second-order valence-corrected chi connectivity index (χ2v) is 4.82. The van der Waals surface area contributed by atoms with Gasteiger partial charge in [-0.2, -0.15) is 0 Å². The quantitative estimate of drug-likeness (QED) is 0.843. The minimum Gasteiger partial charge on any atom is -0.496 e. The van der Waals surface area contributed by atoms with Gasteiger partial charge in [0.2, 0.25) is 0 Å². The Balaban J connectivity index is 3.51. The summed E-state index contributed by atoms with van der Waals surface area (Å²) in [5, 5.41) is 0.700. The average Bonchev–Trinajstić information content (AvgIpc) is 2.10. The van der Waals surface area contributed by atoms with Gasteiger partial charge in [-0.05, 0) is 44.9 Å². The first-order chi connectivity index (χ1) is 6.79. The van der Waals surface area contributed by atoms with Crippen molar-refractivity contribution >= 4 is 11.6 Å². The van der Waals surface area contributed by atoms with Crippen molar-refractivity contribution in [2.75, 3.05) is 7.11 Å². The maximum absolute atomic E-state index is 6.14. The maximum atomic E-state index is 6.14. The van der Waals surface area contributed by atoms with Crippen LogP contribution in [0.15, 0.2) is 6.07 Å². The van der Waals surface area contributed by atoms with Gasteiger partial charge in [0.1, 0.15) is 5.75 Å². The lowest BCUT2D eigenvalue weighted by molar-refractivity contribution is 0.405. The van der Waals surface area contributed by atoms with Crippen LogP contribution in [0, 0.1) is 13.8 Å². The first-order valence-electron chi connectivity index (χ1n) is 4.92. The molecule has 3 heteroatoms. The lowest BCUT2D eigenvalue weighted by Gasteiger charge is -2.24. The van der Waals surface area contributed by atoms with Crippen molar-refractivity contribution < 1.29 is 4.74 Å². The molecular formula is C12H18ClNO. The van der Waals surface area contributed by atoms with Crippen LogP contribution >= 0.6 is 11.6 Å². The van der Waals surface area contributed by atoms with Crippen LogP contribution in [0.3, 0.4) is 0 Å². The number of ether oxygens (including phenoxy) is 1. The molecule has 0 radical (unpaired) electrons. The van der Waals surface area contributed by atoms with Crippen LogP contribution in [0.25, 0.3) is 0 Å². The van der Waals surface area contributed by atoms with Gasteiger partial charge in [-0.3, -0.25) is 0 Å². The zero-order valence-electron chi connectivity index (χ0n) is 9.94. The SMILES string of the molecule is COc1c(C)c(Cl)cc(C(C)(C)N)c1C. The third kappa shape index (κ3) is 2.27. The van der Waals surface area contributed by atoms with Crippen molar-refractivity contribution in [2.45, 2.75) is 33.2 Å². The fraction of sp³-hybridized carbons (Fsp3) is 0.500. The molecule has 0 spiro atoms. The van der Waals surface area contributed by atoms with Crippen molar-refractivity contribution in [1.82, 2.24) is 0 Å². The van der Waals surface area contributed by atoms with E-state index < -0.39 is 5.54 Å². The summed E-state index contributed by atoms with van der Waals surface area (Å²) in [7, 11) is 1.65. The predicted molar refractivity (Wildman–Crippen MR) is 64.7 cm³/mol. The molecule has 0 bridgehead atoms. The molecule has 0 saturated heterocycles. The molecule has 0 aromatic heterocycles. The Labute approximate surface area is 96.4 Å². The predicted octanol–water partition coefficient (Wildman–Crippen LogP) is 3.16. The summed E-state index contributed by atoms with van der Waals surface area (Å²) in [6.45, 7) is 7.87. The zero-order valence-corrected chi connectivity index (χ0v) is 10.7. The molecule has 15 heavy (non-hydrogen) atoms. The Hall–Kier alpha value is -0.730. The van der Waals surface area contributed by atoms with Crippen LogP contribution in [-0.4, -0.2) is 7.11 Å². The van der Waals surface area contributed by atoms with Crippen molar-refractivity contribution in [1.29, 1.82) is 0 Å². The first-order valence-corrected chi connectivity index (χ1v) is 5.30. The van der Waals surface area contributed by atoms with E-state index in [4.69, 9.17) is 22.1 Å². The van der Waals surface area contributed by atoms with Gasteiger partial charge in [0.05, 0.1) is 7.11 Å². The van der Waals surface area contributed by atoms with Crippen LogP contribution in [0.5, 0.6) is 5.75 Å². The molecular weight excluding hydrogens is 210 g/mol. The summed E-state index contributed by atoms with van der Waals surface area (Å²) in [5.41, 5.74) is 8.73. The van der Waals surface area contributed by atoms with E-state index in [9.17, 15) is 0 Å². The van der Waals surface area contributed by atoms with Gasteiger partial charge in [-0.15, -0.1) is 0 Å². The van der Waals surface area contributed by atoms with Gasteiger partial charge in [-0.1, -0.05) is 11.6 Å². The highest BCUT2D eigenvalue weighted by atomic mass is 35.5. The van der Waals surface area contributed by atoms with Crippen molar-refractivity contribution in [3.8, 4) is 5.75 Å². The number of halogens is 1. The van der Waals surface area contributed by atoms with E-state index in [1.165, 1.54) is 0 Å². The fourth-order valence-corrected chi connectivity index (χ4v) is 2.03. The molecule has 1 aromatic rings. The number of methoxy groups -OCH3 is 1. The van der Waals surface area contributed by atoms with Crippen molar-refractivity contribution in [3.63, 3.8) is 0 Å². The van der Waals surface area contributed by atoms with Gasteiger partial charge in [-0.25, -0.2) is 0 Å². The first kappa shape index (κ1) is 12.3. The number of rotatable bonds is 2. The summed E-state index contributed by atoms with van der Waals surface area (Å²) in [6, 6.07) is 1.93. The van der Waals surface area contributed by atoms with Gasteiger partial charge in [0.25, 0.3) is 0 Å². The standard InChI is InChI=1S/C12H18ClNO/c1-7-9(12(3,4)14)6-10(13)8(2)11(7)15-5/h6H,14H2,1-5H3. The number of nitrogens with two attached hydrogens (primary N) is 1. The van der Waals surface area contributed by atoms with Gasteiger partial charge >= 0.3 is 0 Å². The molecule has 2 N–H and O–H groups in total. The lowest BCUT2D eigenvalue weighted by atomic mass is 9.90. The van der Waals surface area contributed by atoms with E-state index in [-0.39, 0.29) is 0 Å². The molecule has 0 aliphatic heterocycles. The largest absolute Gasteiger partial charge is 0.496 e. The Kier molecular flexibility index (Phi) is 3.31. The third-order valence-electron chi connectivity index (χ3n) is 2.61. The minimum atomic E-state index is -0.408. The van der Waals surface area contributed by atoms with E-state index in [2.05, 4.69) is 0 Å². The maximum Gasteiger partial charge on any atom is 0.126 e. The molecule has 0 fully saturated rings. The van der Waals surface area contributed by atoms with Crippen LogP contribution in [0.1, 0.15) is 30.5 Å². The summed E-state index contributed by atoms with van der Waals surface area (Å²) >= 11 is 6.14. The Morgan fingerprint density at radius 1 is 1.27 bits per heavy atom. The average molecular weight is 228 g/mol. The number of hydrogen-bond acceptors (Lipinski definition) is 2. The van der Waals surface area contributed by atoms with Crippen LogP contribution in [-0.2, 0) is 5.54 Å². The molecule has 84 valence electrons. The van der Waals surface area contributed by atoms with Gasteiger partial charge in [0, 0.05) is 16.1 Å². The highest BCUT2D eigenvalue weighted by Crippen LogP contribution is 2.35. The normalized spacial score (nSPS) is 11.7. The van der Waals surface area contributed by atoms with Gasteiger partial charge in [0.15, 0.2) is 0 Å². The van der Waals surface area contributed by atoms with Gasteiger partial charge < -0.3 is 10.5 Å². The highest BCUT2D eigenvalue weighted by Gasteiger charge is 2.21. The summed E-state index contributed by atoms with van der Waals surface area (Å²) in [4.78, 5) is 0. The number of benzene rings is 1. The minimum absolute atomic E-state index is 0.408. The van der Waals surface area contributed by atoms with Crippen LogP contribution in [0.4, 0.5) is 0 Å². The van der Waals surface area contributed by atoms with E-state index in [1.807, 2.05) is 33.8 Å². The molecule has 1 rings (SSSR count). The van der Waals surface area contributed by atoms with Crippen LogP contribution in [0.2, 0.25) is 5.02 Å². The molecule has 0 atom stereocenters. The summed E-state index contributed by atoms with van der Waals surface area (Å²) < 4.78 is 5.35. The molecule has 0 amide bonds. The molecule has 0 aliphatic rings. The van der Waals surface area contributed by atoms with E-state index in [0.29, 0.717) is 5.02 Å². The molecule has 0 aliphatic carbocycles. The monoisotopic (exact) mass is 227 g/mol. The van der Waals surface area contributed by atoms with Crippen molar-refractivity contribution in [2.24, 2.45) is 5.73 Å². The fourth-order valence-electron chi connectivity index (χ4n) is 1.83. The highest BCUT2D eigenvalue weighted by molar-refractivity contribution is 6.31. The smallest absolute Gasteiger partial charge is 0.126 e. The molecule has 0 unspecified atom stereocenters. The van der Waals surface area contributed by atoms with E-state index >= 15 is 0 Å². The second kappa shape index (κ2) is 4.03. The Bertz CT molecular complexity index is 380. The second-order valence-electron chi connectivity index (χ2n) is 4.41. The summed E-state index contributed by atoms with van der Waals surface area (Å²) in [6.07, 6.45) is 0. The molecule has 2 nitrogen and oxygen atoms in total. The Morgan fingerprint density at radius 2 is 1.80 bits per heavy atom. The topological polar surface area (TPSA) is 35.2 Å².